The third-order valence-electron chi connectivity index (χ3n) is 14.8. The molecule has 4 aliphatic rings. The van der Waals surface area contributed by atoms with Gasteiger partial charge in [0.25, 0.3) is 6.71 Å². The van der Waals surface area contributed by atoms with Gasteiger partial charge in [-0.2, -0.15) is 0 Å². The van der Waals surface area contributed by atoms with Crippen LogP contribution in [0.1, 0.15) is 84.4 Å². The fourth-order valence-corrected chi connectivity index (χ4v) is 11.3. The summed E-state index contributed by atoms with van der Waals surface area (Å²) in [6.45, 7) is 18.6. The van der Waals surface area contributed by atoms with Crippen LogP contribution in [0.4, 0.5) is 39.8 Å². The molecule has 7 aromatic rings. The average molecular weight is 884 g/mol. The molecule has 0 saturated heterocycles. The zero-order valence-electron chi connectivity index (χ0n) is 40.9. The molecule has 3 nitrogen and oxygen atoms in total. The Balaban J connectivity index is 1.25. The van der Waals surface area contributed by atoms with E-state index in [1.54, 1.807) is 0 Å². The van der Waals surface area contributed by atoms with E-state index in [1.165, 1.54) is 72.7 Å². The van der Waals surface area contributed by atoms with Crippen molar-refractivity contribution in [1.82, 2.24) is 0 Å². The predicted molar refractivity (Wildman–Crippen MR) is 292 cm³/mol. The monoisotopic (exact) mass is 884 g/mol. The summed E-state index contributed by atoms with van der Waals surface area (Å²) in [7, 11) is 0. The van der Waals surface area contributed by atoms with Crippen LogP contribution in [0.2, 0.25) is 0 Å². The van der Waals surface area contributed by atoms with Gasteiger partial charge in [0, 0.05) is 51.3 Å². The number of allylic oxidation sites excluding steroid dienone is 7. The lowest BCUT2D eigenvalue weighted by Gasteiger charge is -2.49. The van der Waals surface area contributed by atoms with Gasteiger partial charge in [-0.15, -0.1) is 0 Å². The molecule has 0 fully saturated rings. The lowest BCUT2D eigenvalue weighted by molar-refractivity contribution is 0.590. The van der Waals surface area contributed by atoms with Gasteiger partial charge in [-0.1, -0.05) is 201 Å². The van der Waals surface area contributed by atoms with Gasteiger partial charge in [0.05, 0.1) is 11.4 Å². The van der Waals surface area contributed by atoms with Gasteiger partial charge in [0.1, 0.15) is 0 Å². The van der Waals surface area contributed by atoms with Gasteiger partial charge in [-0.3, -0.25) is 0 Å². The number of para-hydroxylation sites is 2. The highest BCUT2D eigenvalue weighted by atomic mass is 15.2. The molecule has 0 N–H and O–H groups in total. The van der Waals surface area contributed by atoms with E-state index in [9.17, 15) is 0 Å². The summed E-state index contributed by atoms with van der Waals surface area (Å²) in [4.78, 5) is 7.78. The standard InChI is InChI=1S/C64H62BN3/c1-43-30-39-54-58(40-43)68(57-29-19-20-44(2)61(57)46-23-13-10-14-24-46)60-42-51(66(49-35-31-47(32-36-49)63(3,4)5)50-37-33-48(34-38-50)64(6,7)8)41-59-62(60)65(54)53-26-16-18-28-56(53)67(59)55-27-17-15-25-52(55)45-21-11-9-12-22-45/h9-29,31-44,61H,30H2,1-8H3. The zero-order valence-corrected chi connectivity index (χ0v) is 40.9. The van der Waals surface area contributed by atoms with Gasteiger partial charge < -0.3 is 14.7 Å². The molecule has 2 heterocycles. The largest absolute Gasteiger partial charge is 0.315 e. The van der Waals surface area contributed by atoms with Crippen molar-refractivity contribution in [3.05, 3.63) is 234 Å². The summed E-state index contributed by atoms with van der Waals surface area (Å²) < 4.78 is 0. The molecule has 336 valence electrons. The Labute approximate surface area is 405 Å². The number of nitrogens with zero attached hydrogens (tertiary/aromatic N) is 3. The summed E-state index contributed by atoms with van der Waals surface area (Å²) in [5.41, 5.74) is 21.3. The Morgan fingerprint density at radius 1 is 0.559 bits per heavy atom. The lowest BCUT2D eigenvalue weighted by Crippen LogP contribution is -2.58. The summed E-state index contributed by atoms with van der Waals surface area (Å²) in [5.74, 6) is 0.825. The zero-order chi connectivity index (χ0) is 46.9. The molecular weight excluding hydrogens is 822 g/mol. The number of fused-ring (bicyclic) bond motifs is 4. The van der Waals surface area contributed by atoms with Crippen molar-refractivity contribution in [2.24, 2.45) is 11.8 Å². The van der Waals surface area contributed by atoms with Crippen molar-refractivity contribution < 1.29 is 0 Å². The quantitative estimate of drug-likeness (QED) is 0.148. The molecule has 0 spiro atoms. The van der Waals surface area contributed by atoms with Gasteiger partial charge in [0.15, 0.2) is 0 Å². The minimum atomic E-state index is 0.0218. The van der Waals surface area contributed by atoms with E-state index in [1.807, 2.05) is 0 Å². The van der Waals surface area contributed by atoms with Crippen LogP contribution in [0.3, 0.4) is 0 Å². The van der Waals surface area contributed by atoms with E-state index in [4.69, 9.17) is 0 Å². The number of anilines is 7. The first-order chi connectivity index (χ1) is 32.8. The molecule has 68 heavy (non-hydrogen) atoms. The highest BCUT2D eigenvalue weighted by Crippen LogP contribution is 2.53. The maximum absolute atomic E-state index is 2.69. The van der Waals surface area contributed by atoms with E-state index >= 15 is 0 Å². The second-order valence-corrected chi connectivity index (χ2v) is 21.5. The van der Waals surface area contributed by atoms with Crippen molar-refractivity contribution in [1.29, 1.82) is 0 Å². The maximum atomic E-state index is 2.69. The molecule has 0 amide bonds. The van der Waals surface area contributed by atoms with Crippen LogP contribution < -0.4 is 25.6 Å². The van der Waals surface area contributed by atoms with Crippen LogP contribution in [-0.4, -0.2) is 6.71 Å². The van der Waals surface area contributed by atoms with Gasteiger partial charge in [-0.25, -0.2) is 0 Å². The number of hydrogen-bond acceptors (Lipinski definition) is 3. The van der Waals surface area contributed by atoms with E-state index in [0.29, 0.717) is 5.92 Å². The Morgan fingerprint density at radius 3 is 1.75 bits per heavy atom. The highest BCUT2D eigenvalue weighted by Gasteiger charge is 2.48. The van der Waals surface area contributed by atoms with E-state index < -0.39 is 0 Å². The van der Waals surface area contributed by atoms with Crippen molar-refractivity contribution in [2.45, 2.75) is 78.6 Å². The second kappa shape index (κ2) is 16.9. The Bertz CT molecular complexity index is 3090. The Hall–Kier alpha value is -7.04. The van der Waals surface area contributed by atoms with Gasteiger partial charge in [-0.05, 0) is 122 Å². The van der Waals surface area contributed by atoms with Crippen LogP contribution in [0.15, 0.2) is 217 Å². The average Bonchev–Trinajstić information content (AvgIpc) is 3.34. The summed E-state index contributed by atoms with van der Waals surface area (Å²) >= 11 is 0. The van der Waals surface area contributed by atoms with Gasteiger partial charge in [0.2, 0.25) is 0 Å². The smallest absolute Gasteiger partial charge is 0.251 e. The molecule has 2 aliphatic carbocycles. The fraction of sp³-hybridized carbons (Fsp3) is 0.219. The van der Waals surface area contributed by atoms with Crippen molar-refractivity contribution in [3.8, 4) is 11.1 Å². The summed E-state index contributed by atoms with van der Waals surface area (Å²) in [5, 5.41) is 0. The molecule has 3 atom stereocenters. The van der Waals surface area contributed by atoms with E-state index in [-0.39, 0.29) is 29.4 Å². The predicted octanol–water partition coefficient (Wildman–Crippen LogP) is 15.9. The molecule has 0 saturated carbocycles. The highest BCUT2D eigenvalue weighted by molar-refractivity contribution is 6.96. The molecule has 7 aromatic carbocycles. The second-order valence-electron chi connectivity index (χ2n) is 21.5. The van der Waals surface area contributed by atoms with Crippen molar-refractivity contribution in [2.75, 3.05) is 14.7 Å². The van der Waals surface area contributed by atoms with Crippen LogP contribution in [-0.2, 0) is 10.8 Å². The third-order valence-corrected chi connectivity index (χ3v) is 14.8. The first-order valence-corrected chi connectivity index (χ1v) is 24.7. The topological polar surface area (TPSA) is 9.72 Å². The van der Waals surface area contributed by atoms with Crippen LogP contribution >= 0.6 is 0 Å². The Morgan fingerprint density at radius 2 is 1.12 bits per heavy atom. The molecule has 11 rings (SSSR count). The molecule has 0 aromatic heterocycles. The molecule has 0 bridgehead atoms. The summed E-state index contributed by atoms with van der Waals surface area (Å²) in [6.07, 6.45) is 13.2. The molecule has 0 radical (unpaired) electrons. The van der Waals surface area contributed by atoms with Crippen LogP contribution in [0, 0.1) is 11.8 Å². The van der Waals surface area contributed by atoms with Crippen molar-refractivity contribution in [3.63, 3.8) is 0 Å². The molecule has 3 unspecified atom stereocenters. The normalized spacial score (nSPS) is 18.5. The molecule has 4 heteroatoms. The lowest BCUT2D eigenvalue weighted by atomic mass is 9.32. The van der Waals surface area contributed by atoms with Crippen LogP contribution in [0.5, 0.6) is 0 Å². The number of hydrogen-bond donors (Lipinski definition) is 0. The van der Waals surface area contributed by atoms with Gasteiger partial charge >= 0.3 is 0 Å². The third kappa shape index (κ3) is 7.55. The first-order valence-electron chi connectivity index (χ1n) is 24.7. The fourth-order valence-electron chi connectivity index (χ4n) is 11.3. The van der Waals surface area contributed by atoms with E-state index in [2.05, 4.69) is 270 Å². The minimum Gasteiger partial charge on any atom is -0.315 e. The number of benzene rings is 7. The number of rotatable bonds is 7. The maximum Gasteiger partial charge on any atom is 0.251 e. The minimum absolute atomic E-state index is 0.0218. The molecule has 2 aliphatic heterocycles. The van der Waals surface area contributed by atoms with Crippen LogP contribution in [0.25, 0.3) is 11.1 Å². The van der Waals surface area contributed by atoms with E-state index in [0.717, 1.165) is 29.2 Å². The molecular formula is C64H62BN3. The SMILES string of the molecule is CC1C=C2C(=CC1)B1c3ccccc3N(c3ccccc3-c3ccccc3)c3cc(N(c4ccc(C(C)(C)C)cc4)c4ccc(C(C)(C)C)cc4)cc(c31)N2C1=CC=CC(C)C1c1ccccc1. The Kier molecular flexibility index (Phi) is 10.8. The van der Waals surface area contributed by atoms with Crippen molar-refractivity contribution >= 4 is 57.5 Å². The summed E-state index contributed by atoms with van der Waals surface area (Å²) in [6, 6.07) is 64.0. The first kappa shape index (κ1) is 43.5.